The summed E-state index contributed by atoms with van der Waals surface area (Å²) in [6.45, 7) is 0. The van der Waals surface area contributed by atoms with Gasteiger partial charge in [0.1, 0.15) is 11.7 Å². The molecule has 1 atom stereocenters. The number of nitrogens with zero attached hydrogens (tertiary/aromatic N) is 1. The summed E-state index contributed by atoms with van der Waals surface area (Å²) >= 11 is 1.54. The monoisotopic (exact) mass is 304 g/mol. The molecule has 0 radical (unpaired) electrons. The zero-order valence-corrected chi connectivity index (χ0v) is 12.4. The first kappa shape index (κ1) is 15.3. The van der Waals surface area contributed by atoms with Crippen LogP contribution >= 0.6 is 11.8 Å². The fourth-order valence-electron chi connectivity index (χ4n) is 1.92. The van der Waals surface area contributed by atoms with E-state index in [9.17, 15) is 9.59 Å². The maximum Gasteiger partial charge on any atom is 0.326 e. The molecule has 0 saturated heterocycles. The molecule has 0 aliphatic carbocycles. The summed E-state index contributed by atoms with van der Waals surface area (Å²) in [4.78, 5) is 27.5. The number of carbonyl (C=O) groups excluding carboxylic acids is 1. The third-order valence-electron chi connectivity index (χ3n) is 3.05. The van der Waals surface area contributed by atoms with E-state index in [4.69, 9.17) is 5.11 Å². The highest BCUT2D eigenvalue weighted by Gasteiger charge is 2.20. The molecule has 0 unspecified atom stereocenters. The second kappa shape index (κ2) is 7.08. The number of carbonyl (C=O) groups is 2. The molecule has 1 heterocycles. The molecule has 0 bridgehead atoms. The highest BCUT2D eigenvalue weighted by molar-refractivity contribution is 7.98. The van der Waals surface area contributed by atoms with E-state index in [0.29, 0.717) is 17.7 Å². The van der Waals surface area contributed by atoms with Crippen LogP contribution in [0.3, 0.4) is 0 Å². The topological polar surface area (TPSA) is 79.3 Å². The van der Waals surface area contributed by atoms with E-state index < -0.39 is 17.9 Å². The zero-order chi connectivity index (χ0) is 15.2. The normalized spacial score (nSPS) is 12.0. The molecule has 2 rings (SSSR count). The van der Waals surface area contributed by atoms with E-state index in [1.807, 2.05) is 30.5 Å². The van der Waals surface area contributed by atoms with Gasteiger partial charge in [0.05, 0.1) is 5.52 Å². The van der Waals surface area contributed by atoms with Crippen LogP contribution in [0.5, 0.6) is 0 Å². The summed E-state index contributed by atoms with van der Waals surface area (Å²) in [5.41, 5.74) is 0.935. The third-order valence-corrected chi connectivity index (χ3v) is 3.69. The van der Waals surface area contributed by atoms with Crippen LogP contribution < -0.4 is 5.32 Å². The number of hydrogen-bond donors (Lipinski definition) is 2. The fourth-order valence-corrected chi connectivity index (χ4v) is 2.39. The van der Waals surface area contributed by atoms with Gasteiger partial charge in [-0.15, -0.1) is 0 Å². The molecule has 1 amide bonds. The van der Waals surface area contributed by atoms with Crippen LogP contribution in [0.4, 0.5) is 0 Å². The lowest BCUT2D eigenvalue weighted by molar-refractivity contribution is -0.139. The Balaban J connectivity index is 2.15. The van der Waals surface area contributed by atoms with Gasteiger partial charge in [-0.3, -0.25) is 4.79 Å². The van der Waals surface area contributed by atoms with Gasteiger partial charge in [0.25, 0.3) is 5.91 Å². The first-order valence-corrected chi connectivity index (χ1v) is 7.89. The number of hydrogen-bond acceptors (Lipinski definition) is 4. The number of fused-ring (bicyclic) bond motifs is 1. The molecular formula is C15H16N2O3S. The molecule has 0 aliphatic heterocycles. The number of rotatable bonds is 6. The minimum Gasteiger partial charge on any atom is -0.480 e. The molecule has 2 N–H and O–H groups in total. The van der Waals surface area contributed by atoms with Crippen LogP contribution in [0.1, 0.15) is 16.9 Å². The Morgan fingerprint density at radius 2 is 2.05 bits per heavy atom. The van der Waals surface area contributed by atoms with E-state index in [2.05, 4.69) is 10.3 Å². The van der Waals surface area contributed by atoms with Gasteiger partial charge < -0.3 is 10.4 Å². The van der Waals surface area contributed by atoms with Gasteiger partial charge >= 0.3 is 5.97 Å². The van der Waals surface area contributed by atoms with Crippen LogP contribution in [-0.2, 0) is 4.79 Å². The molecule has 1 aromatic carbocycles. The zero-order valence-electron chi connectivity index (χ0n) is 11.6. The molecule has 0 saturated carbocycles. The number of carboxylic acids is 1. The van der Waals surface area contributed by atoms with Crippen molar-refractivity contribution in [2.45, 2.75) is 12.5 Å². The quantitative estimate of drug-likeness (QED) is 0.855. The Labute approximate surface area is 126 Å². The van der Waals surface area contributed by atoms with Crippen LogP contribution in [-0.4, -0.2) is 40.0 Å². The summed E-state index contributed by atoms with van der Waals surface area (Å²) in [7, 11) is 0. The number of para-hydroxylation sites is 1. The number of nitrogens with one attached hydrogen (secondary N) is 1. The number of carboxylic acid groups (broad SMARTS) is 1. The number of amides is 1. The van der Waals surface area contributed by atoms with Gasteiger partial charge in [-0.05, 0) is 30.6 Å². The number of pyridine rings is 1. The SMILES string of the molecule is CSCC[C@@H](NC(=O)c1ccc2ccccc2n1)C(=O)O. The summed E-state index contributed by atoms with van der Waals surface area (Å²) in [5.74, 6) is -0.824. The lowest BCUT2D eigenvalue weighted by atomic mass is 10.2. The van der Waals surface area contributed by atoms with Crippen LogP contribution in [0.25, 0.3) is 10.9 Å². The van der Waals surface area contributed by atoms with E-state index in [-0.39, 0.29) is 5.69 Å². The Hall–Kier alpha value is -2.08. The minimum absolute atomic E-state index is 0.226. The highest BCUT2D eigenvalue weighted by atomic mass is 32.2. The number of aromatic nitrogens is 1. The van der Waals surface area contributed by atoms with Crippen molar-refractivity contribution in [1.29, 1.82) is 0 Å². The standard InChI is InChI=1S/C15H16N2O3S/c1-21-9-8-13(15(19)20)17-14(18)12-7-6-10-4-2-3-5-11(10)16-12/h2-7,13H,8-9H2,1H3,(H,17,18)(H,19,20)/t13-/m1/s1. The fraction of sp³-hybridized carbons (Fsp3) is 0.267. The smallest absolute Gasteiger partial charge is 0.326 e. The highest BCUT2D eigenvalue weighted by Crippen LogP contribution is 2.12. The predicted molar refractivity (Wildman–Crippen MR) is 83.6 cm³/mol. The van der Waals surface area contributed by atoms with Gasteiger partial charge in [0.15, 0.2) is 0 Å². The maximum absolute atomic E-state index is 12.1. The third kappa shape index (κ3) is 3.95. The average molecular weight is 304 g/mol. The summed E-state index contributed by atoms with van der Waals surface area (Å²) in [5, 5.41) is 12.6. The Morgan fingerprint density at radius 1 is 1.29 bits per heavy atom. The van der Waals surface area contributed by atoms with Gasteiger partial charge in [-0.25, -0.2) is 9.78 Å². The lowest BCUT2D eigenvalue weighted by Crippen LogP contribution is -2.41. The lowest BCUT2D eigenvalue weighted by Gasteiger charge is -2.13. The maximum atomic E-state index is 12.1. The average Bonchev–Trinajstić information content (AvgIpc) is 2.50. The molecule has 5 nitrogen and oxygen atoms in total. The largest absolute Gasteiger partial charge is 0.480 e. The van der Waals surface area contributed by atoms with Crippen molar-refractivity contribution in [2.24, 2.45) is 0 Å². The first-order chi connectivity index (χ1) is 10.1. The second-order valence-electron chi connectivity index (χ2n) is 4.53. The molecule has 110 valence electrons. The van der Waals surface area contributed by atoms with Crippen LogP contribution in [0, 0.1) is 0 Å². The number of aliphatic carboxylic acids is 1. The van der Waals surface area contributed by atoms with Crippen molar-refractivity contribution >= 4 is 34.5 Å². The van der Waals surface area contributed by atoms with Crippen molar-refractivity contribution in [1.82, 2.24) is 10.3 Å². The number of thioether (sulfide) groups is 1. The predicted octanol–water partition coefficient (Wildman–Crippen LogP) is 2.17. The first-order valence-electron chi connectivity index (χ1n) is 6.50. The summed E-state index contributed by atoms with van der Waals surface area (Å²) in [6, 6.07) is 9.97. The molecule has 0 fully saturated rings. The second-order valence-corrected chi connectivity index (χ2v) is 5.52. The molecule has 1 aromatic heterocycles. The van der Waals surface area contributed by atoms with Gasteiger partial charge in [-0.2, -0.15) is 11.8 Å². The summed E-state index contributed by atoms with van der Waals surface area (Å²) in [6.07, 6.45) is 2.28. The van der Waals surface area contributed by atoms with Crippen LogP contribution in [0.15, 0.2) is 36.4 Å². The Morgan fingerprint density at radius 3 is 2.76 bits per heavy atom. The minimum atomic E-state index is -1.03. The Bertz CT molecular complexity index is 660. The van der Waals surface area contributed by atoms with Gasteiger partial charge in [0, 0.05) is 5.39 Å². The van der Waals surface area contributed by atoms with Crippen molar-refractivity contribution in [3.63, 3.8) is 0 Å². The molecule has 21 heavy (non-hydrogen) atoms. The molecule has 0 spiro atoms. The van der Waals surface area contributed by atoms with Crippen molar-refractivity contribution in [2.75, 3.05) is 12.0 Å². The van der Waals surface area contributed by atoms with Crippen molar-refractivity contribution in [3.8, 4) is 0 Å². The summed E-state index contributed by atoms with van der Waals surface area (Å²) < 4.78 is 0. The molecular weight excluding hydrogens is 288 g/mol. The molecule has 2 aromatic rings. The van der Waals surface area contributed by atoms with Gasteiger partial charge in [-0.1, -0.05) is 24.3 Å². The van der Waals surface area contributed by atoms with E-state index in [1.165, 1.54) is 0 Å². The van der Waals surface area contributed by atoms with E-state index >= 15 is 0 Å². The molecule has 0 aliphatic rings. The van der Waals surface area contributed by atoms with Crippen LogP contribution in [0.2, 0.25) is 0 Å². The number of benzene rings is 1. The Kier molecular flexibility index (Phi) is 5.16. The van der Waals surface area contributed by atoms with Crippen molar-refractivity contribution in [3.05, 3.63) is 42.1 Å². The van der Waals surface area contributed by atoms with E-state index in [0.717, 1.165) is 5.39 Å². The van der Waals surface area contributed by atoms with Gasteiger partial charge in [0.2, 0.25) is 0 Å². The van der Waals surface area contributed by atoms with Crippen molar-refractivity contribution < 1.29 is 14.7 Å². The molecule has 6 heteroatoms. The van der Waals surface area contributed by atoms with E-state index in [1.54, 1.807) is 23.9 Å².